The van der Waals surface area contributed by atoms with Crippen LogP contribution in [0.25, 0.3) is 0 Å². The van der Waals surface area contributed by atoms with Crippen molar-refractivity contribution in [2.45, 2.75) is 32.7 Å². The molecule has 0 fully saturated rings. The Balaban J connectivity index is 2.87. The number of nitrogens with one attached hydrogen (secondary N) is 1. The molecule has 0 spiro atoms. The van der Waals surface area contributed by atoms with Crippen molar-refractivity contribution in [3.63, 3.8) is 0 Å². The van der Waals surface area contributed by atoms with Crippen molar-refractivity contribution in [1.82, 2.24) is 5.32 Å². The van der Waals surface area contributed by atoms with Crippen LogP contribution in [0.1, 0.15) is 38.3 Å². The van der Waals surface area contributed by atoms with E-state index in [1.54, 1.807) is 7.11 Å². The second-order valence-corrected chi connectivity index (χ2v) is 5.61. The molecular weight excluding hydrogens is 278 g/mol. The highest BCUT2D eigenvalue weighted by Crippen LogP contribution is 2.31. The van der Waals surface area contributed by atoms with Crippen LogP contribution < -0.4 is 10.1 Å². The lowest BCUT2D eigenvalue weighted by molar-refractivity contribution is 0.392. The zero-order chi connectivity index (χ0) is 12.8. The lowest BCUT2D eigenvalue weighted by Crippen LogP contribution is -2.17. The Hall–Kier alpha value is -0.540. The third-order valence-electron chi connectivity index (χ3n) is 2.95. The van der Waals surface area contributed by atoms with Gasteiger partial charge in [0.25, 0.3) is 0 Å². The van der Waals surface area contributed by atoms with Gasteiger partial charge in [-0.3, -0.25) is 0 Å². The number of ether oxygens (including phenoxy) is 1. The van der Waals surface area contributed by atoms with Crippen molar-refractivity contribution in [2.24, 2.45) is 5.92 Å². The van der Waals surface area contributed by atoms with Crippen molar-refractivity contribution < 1.29 is 4.74 Å². The predicted molar refractivity (Wildman–Crippen MR) is 76.6 cm³/mol. The standard InChI is InChI=1S/C14H22BrNO/c1-10(2)5-8-13(16-3)12-7-6-11(15)9-14(12)17-4/h6-7,9-10,13,16H,5,8H2,1-4H3. The monoisotopic (exact) mass is 299 g/mol. The van der Waals surface area contributed by atoms with E-state index in [1.165, 1.54) is 12.0 Å². The Bertz CT molecular complexity index is 352. The third kappa shape index (κ3) is 4.32. The van der Waals surface area contributed by atoms with Crippen molar-refractivity contribution in [3.8, 4) is 5.75 Å². The molecule has 1 N–H and O–H groups in total. The van der Waals surface area contributed by atoms with Gasteiger partial charge < -0.3 is 10.1 Å². The van der Waals surface area contributed by atoms with E-state index in [9.17, 15) is 0 Å². The maximum absolute atomic E-state index is 5.45. The molecule has 3 heteroatoms. The number of hydrogen-bond donors (Lipinski definition) is 1. The van der Waals surface area contributed by atoms with E-state index < -0.39 is 0 Å². The number of halogens is 1. The summed E-state index contributed by atoms with van der Waals surface area (Å²) in [5, 5.41) is 3.37. The number of benzene rings is 1. The highest BCUT2D eigenvalue weighted by atomic mass is 79.9. The molecule has 0 aromatic heterocycles. The second-order valence-electron chi connectivity index (χ2n) is 4.70. The smallest absolute Gasteiger partial charge is 0.124 e. The summed E-state index contributed by atoms with van der Waals surface area (Å²) >= 11 is 3.47. The van der Waals surface area contributed by atoms with Crippen molar-refractivity contribution in [1.29, 1.82) is 0 Å². The molecule has 0 amide bonds. The van der Waals surface area contributed by atoms with Gasteiger partial charge in [-0.05, 0) is 37.9 Å². The molecule has 0 saturated heterocycles. The molecule has 1 rings (SSSR count). The van der Waals surface area contributed by atoms with Crippen molar-refractivity contribution in [3.05, 3.63) is 28.2 Å². The van der Waals surface area contributed by atoms with Gasteiger partial charge >= 0.3 is 0 Å². The van der Waals surface area contributed by atoms with Crippen LogP contribution in [0.15, 0.2) is 22.7 Å². The van der Waals surface area contributed by atoms with E-state index in [1.807, 2.05) is 13.1 Å². The van der Waals surface area contributed by atoms with E-state index in [2.05, 4.69) is 47.2 Å². The Morgan fingerprint density at radius 3 is 2.53 bits per heavy atom. The maximum Gasteiger partial charge on any atom is 0.124 e. The lowest BCUT2D eigenvalue weighted by Gasteiger charge is -2.20. The number of methoxy groups -OCH3 is 1. The summed E-state index contributed by atoms with van der Waals surface area (Å²) in [6, 6.07) is 6.58. The number of hydrogen-bond acceptors (Lipinski definition) is 2. The minimum absolute atomic E-state index is 0.362. The zero-order valence-electron chi connectivity index (χ0n) is 11.1. The van der Waals surface area contributed by atoms with E-state index in [0.717, 1.165) is 22.6 Å². The quantitative estimate of drug-likeness (QED) is 0.852. The molecule has 0 bridgehead atoms. The van der Waals surface area contributed by atoms with Gasteiger partial charge in [-0.1, -0.05) is 35.8 Å². The van der Waals surface area contributed by atoms with Gasteiger partial charge in [0.05, 0.1) is 7.11 Å². The third-order valence-corrected chi connectivity index (χ3v) is 3.45. The Kier molecular flexibility index (Phi) is 6.00. The van der Waals surface area contributed by atoms with Gasteiger partial charge in [0.15, 0.2) is 0 Å². The van der Waals surface area contributed by atoms with Gasteiger partial charge in [0, 0.05) is 16.1 Å². The fraction of sp³-hybridized carbons (Fsp3) is 0.571. The highest BCUT2D eigenvalue weighted by Gasteiger charge is 2.14. The molecule has 96 valence electrons. The summed E-state index contributed by atoms with van der Waals surface area (Å²) in [6.07, 6.45) is 2.34. The second kappa shape index (κ2) is 7.02. The molecule has 1 atom stereocenters. The summed E-state index contributed by atoms with van der Waals surface area (Å²) in [5.74, 6) is 1.68. The zero-order valence-corrected chi connectivity index (χ0v) is 12.7. The fourth-order valence-electron chi connectivity index (χ4n) is 1.93. The molecule has 17 heavy (non-hydrogen) atoms. The first-order valence-electron chi connectivity index (χ1n) is 6.09. The Morgan fingerprint density at radius 1 is 1.29 bits per heavy atom. The minimum Gasteiger partial charge on any atom is -0.496 e. The van der Waals surface area contributed by atoms with Gasteiger partial charge in [-0.25, -0.2) is 0 Å². The summed E-state index contributed by atoms with van der Waals surface area (Å²) in [5.41, 5.74) is 1.24. The van der Waals surface area contributed by atoms with E-state index in [-0.39, 0.29) is 0 Å². The molecule has 0 aliphatic heterocycles. The molecule has 0 heterocycles. The normalized spacial score (nSPS) is 12.8. The van der Waals surface area contributed by atoms with Gasteiger partial charge in [-0.2, -0.15) is 0 Å². The average Bonchev–Trinajstić information content (AvgIpc) is 2.30. The van der Waals surface area contributed by atoms with Gasteiger partial charge in [0.2, 0.25) is 0 Å². The highest BCUT2D eigenvalue weighted by molar-refractivity contribution is 9.10. The predicted octanol–water partition coefficient (Wildman–Crippen LogP) is 4.15. The summed E-state index contributed by atoms with van der Waals surface area (Å²) < 4.78 is 6.50. The van der Waals surface area contributed by atoms with Crippen molar-refractivity contribution >= 4 is 15.9 Å². The summed E-state index contributed by atoms with van der Waals surface area (Å²) in [4.78, 5) is 0. The van der Waals surface area contributed by atoms with Crippen LogP contribution in [0.2, 0.25) is 0 Å². The van der Waals surface area contributed by atoms with Crippen LogP contribution in [0.5, 0.6) is 5.75 Å². The van der Waals surface area contributed by atoms with E-state index >= 15 is 0 Å². The molecular formula is C14H22BrNO. The van der Waals surface area contributed by atoms with Crippen LogP contribution >= 0.6 is 15.9 Å². The fourth-order valence-corrected chi connectivity index (χ4v) is 2.27. The first kappa shape index (κ1) is 14.5. The molecule has 1 aromatic rings. The SMILES string of the molecule is CNC(CCC(C)C)c1ccc(Br)cc1OC. The molecule has 0 aliphatic carbocycles. The molecule has 1 unspecified atom stereocenters. The van der Waals surface area contributed by atoms with Crippen LogP contribution in [-0.2, 0) is 0 Å². The molecule has 1 aromatic carbocycles. The summed E-state index contributed by atoms with van der Waals surface area (Å²) in [6.45, 7) is 4.51. The molecule has 0 radical (unpaired) electrons. The largest absolute Gasteiger partial charge is 0.496 e. The molecule has 0 aliphatic rings. The van der Waals surface area contributed by atoms with E-state index in [4.69, 9.17) is 4.74 Å². The van der Waals surface area contributed by atoms with Crippen LogP contribution in [0.4, 0.5) is 0 Å². The maximum atomic E-state index is 5.45. The van der Waals surface area contributed by atoms with Crippen LogP contribution in [0.3, 0.4) is 0 Å². The van der Waals surface area contributed by atoms with E-state index in [0.29, 0.717) is 6.04 Å². The molecule has 0 saturated carbocycles. The Labute approximate surface area is 113 Å². The van der Waals surface area contributed by atoms with Gasteiger partial charge in [0.1, 0.15) is 5.75 Å². The Morgan fingerprint density at radius 2 is 2.00 bits per heavy atom. The first-order chi connectivity index (χ1) is 8.08. The van der Waals surface area contributed by atoms with Gasteiger partial charge in [-0.15, -0.1) is 0 Å². The van der Waals surface area contributed by atoms with Crippen LogP contribution in [0, 0.1) is 5.92 Å². The lowest BCUT2D eigenvalue weighted by atomic mass is 9.97. The summed E-state index contributed by atoms with van der Waals surface area (Å²) in [7, 11) is 3.73. The topological polar surface area (TPSA) is 21.3 Å². The minimum atomic E-state index is 0.362. The van der Waals surface area contributed by atoms with Crippen LogP contribution in [-0.4, -0.2) is 14.2 Å². The average molecular weight is 300 g/mol. The number of rotatable bonds is 6. The van der Waals surface area contributed by atoms with Crippen molar-refractivity contribution in [2.75, 3.05) is 14.2 Å². The first-order valence-corrected chi connectivity index (χ1v) is 6.88. The molecule has 2 nitrogen and oxygen atoms in total.